The lowest BCUT2D eigenvalue weighted by atomic mass is 9.90. The SMILES string of the molecule is C.CNC(=O)[C@@H](CC(=O)c1ccc(OC(C)C)c(Cl)c1)Cc1ccc(/C(N)=N/O)cc1.CNC(=O)[C@@H](CC(=O)c1ccc(OC(C)C)c(Cl)c1)Cc1ccc(C#N)cc1.CNC(=O)[C@@H](CC(=O)c1ccc(OC(C)C)c(Cl)c1)Cc1ccc(C2=NOC(=O)C2)cc1.NO. The molecule has 3 amide bonds. The minimum Gasteiger partial charge on any atom is -0.489 e. The van der Waals surface area contributed by atoms with Gasteiger partial charge in [0.2, 0.25) is 17.7 Å². The highest BCUT2D eigenvalue weighted by molar-refractivity contribution is 6.33. The second-order valence-electron chi connectivity index (χ2n) is 21.7. The number of halogens is 3. The lowest BCUT2D eigenvalue weighted by Crippen LogP contribution is -2.30. The van der Waals surface area contributed by atoms with Gasteiger partial charge in [-0.05, 0) is 150 Å². The van der Waals surface area contributed by atoms with Crippen molar-refractivity contribution in [1.82, 2.24) is 16.0 Å². The first-order chi connectivity index (χ1) is 43.8. The molecule has 0 spiro atoms. The fourth-order valence-electron chi connectivity index (χ4n) is 9.21. The predicted molar refractivity (Wildman–Crippen MR) is 359 cm³/mol. The number of oxime groups is 2. The average molecular weight is 1340 g/mol. The molecule has 6 aromatic carbocycles. The maximum absolute atomic E-state index is 12.9. The molecule has 1 aliphatic rings. The summed E-state index contributed by atoms with van der Waals surface area (Å²) in [5.41, 5.74) is 12.0. The summed E-state index contributed by atoms with van der Waals surface area (Å²) in [4.78, 5) is 91.3. The minimum atomic E-state index is -0.553. The van der Waals surface area contributed by atoms with Crippen molar-refractivity contribution in [2.24, 2.45) is 39.7 Å². The molecule has 0 unspecified atom stereocenters. The molecule has 6 aromatic rings. The molecule has 0 fully saturated rings. The topological polar surface area (TPSA) is 334 Å². The minimum absolute atomic E-state index is 0. The molecule has 496 valence electrons. The standard InChI is InChI=1S/C24H25ClN2O5.C22H26ClN3O4.C22H23ClN2O3.CH4.H3NO/c1-14(2)31-22-9-8-17(11-19(22)25)21(28)12-18(24(30)26-3)10-15-4-6-16(7-5-15)20-13-23(29)32-27-20;1-13(2)30-20-9-8-16(11-18(20)23)19(27)12-17(22(28)25-3)10-14-4-6-15(7-5-14)21(24)26-29;1-14(2)28-21-9-8-17(11-19(21)23)20(26)12-18(22(27)25-3)10-15-4-6-16(13-24)7-5-15;;1-2/h4-9,11,14,18H,10,12-13H2,1-3H3,(H,26,30);4-9,11,13,17,29H,10,12H2,1-3H3,(H2,24,26)(H,25,28);4-9,11,14,18H,10,12H2,1-3H3,(H,25,27);1H4;2H,1H2/t18-;17-;18-;;/m111../s1. The largest absolute Gasteiger partial charge is 0.489 e. The molecule has 0 saturated carbocycles. The Hall–Kier alpha value is -9.17. The molecular formula is C69H81Cl3N8O13. The van der Waals surface area contributed by atoms with Crippen molar-refractivity contribution >= 4 is 87.4 Å². The van der Waals surface area contributed by atoms with Crippen LogP contribution in [0.25, 0.3) is 0 Å². The van der Waals surface area contributed by atoms with Gasteiger partial charge in [-0.15, -0.1) is 0 Å². The Morgan fingerprint density at radius 1 is 0.559 bits per heavy atom. The van der Waals surface area contributed by atoms with Crippen molar-refractivity contribution in [3.05, 3.63) is 193 Å². The Labute approximate surface area is 557 Å². The lowest BCUT2D eigenvalue weighted by Gasteiger charge is -2.16. The number of nitrogens with zero attached hydrogens (tertiary/aromatic N) is 3. The van der Waals surface area contributed by atoms with Crippen molar-refractivity contribution in [3.63, 3.8) is 0 Å². The van der Waals surface area contributed by atoms with Crippen LogP contribution in [0.3, 0.4) is 0 Å². The number of amides is 3. The quantitative estimate of drug-likeness (QED) is 0.00662. The monoisotopic (exact) mass is 1330 g/mol. The van der Waals surface area contributed by atoms with Gasteiger partial charge >= 0.3 is 5.97 Å². The van der Waals surface area contributed by atoms with Gasteiger partial charge in [-0.1, -0.05) is 113 Å². The van der Waals surface area contributed by atoms with Crippen molar-refractivity contribution in [2.45, 2.75) is 112 Å². The van der Waals surface area contributed by atoms with Crippen LogP contribution in [0, 0.1) is 29.1 Å². The van der Waals surface area contributed by atoms with Gasteiger partial charge in [0.05, 0.1) is 57.1 Å². The summed E-state index contributed by atoms with van der Waals surface area (Å²) in [7, 11) is 4.64. The average Bonchev–Trinajstić information content (AvgIpc) is 1.27. The summed E-state index contributed by atoms with van der Waals surface area (Å²) in [5, 5.41) is 39.8. The molecule has 1 heterocycles. The van der Waals surface area contributed by atoms with Crippen LogP contribution in [0.5, 0.6) is 17.2 Å². The van der Waals surface area contributed by atoms with E-state index in [0.717, 1.165) is 22.3 Å². The van der Waals surface area contributed by atoms with E-state index in [9.17, 15) is 33.6 Å². The van der Waals surface area contributed by atoms with E-state index >= 15 is 0 Å². The summed E-state index contributed by atoms with van der Waals surface area (Å²) >= 11 is 18.7. The molecule has 0 aromatic heterocycles. The maximum Gasteiger partial charge on any atom is 0.341 e. The van der Waals surface area contributed by atoms with Crippen LogP contribution in [-0.4, -0.2) is 102 Å². The van der Waals surface area contributed by atoms with Crippen LogP contribution in [0.15, 0.2) is 138 Å². The zero-order chi connectivity index (χ0) is 68.2. The molecule has 0 radical (unpaired) electrons. The highest BCUT2D eigenvalue weighted by Gasteiger charge is 2.27. The van der Waals surface area contributed by atoms with Gasteiger partial charge in [0.25, 0.3) is 0 Å². The number of ether oxygens (including phenoxy) is 3. The zero-order valence-electron chi connectivity index (χ0n) is 52.6. The Balaban J connectivity index is 0.000000358. The van der Waals surface area contributed by atoms with Gasteiger partial charge in [0.1, 0.15) is 17.2 Å². The zero-order valence-corrected chi connectivity index (χ0v) is 54.8. The number of nitrogens with one attached hydrogen (secondary N) is 3. The third-order valence-electron chi connectivity index (χ3n) is 13.7. The summed E-state index contributed by atoms with van der Waals surface area (Å²) in [6, 6.07) is 38.1. The lowest BCUT2D eigenvalue weighted by molar-refractivity contribution is -0.140. The molecule has 21 nitrogen and oxygen atoms in total. The summed E-state index contributed by atoms with van der Waals surface area (Å²) in [5.74, 6) is 1.87. The summed E-state index contributed by atoms with van der Waals surface area (Å²) in [6.45, 7) is 11.4. The van der Waals surface area contributed by atoms with Crippen molar-refractivity contribution in [1.29, 1.82) is 5.26 Å². The Morgan fingerprint density at radius 2 is 0.871 bits per heavy atom. The Bertz CT molecular complexity index is 3610. The molecule has 0 bridgehead atoms. The number of ketones is 3. The number of amidine groups is 1. The highest BCUT2D eigenvalue weighted by Crippen LogP contribution is 2.31. The van der Waals surface area contributed by atoms with E-state index in [1.165, 1.54) is 7.05 Å². The molecule has 7 rings (SSSR count). The molecular weight excluding hydrogens is 1260 g/mol. The normalized spacial score (nSPS) is 12.4. The number of carbonyl (C=O) groups is 7. The number of nitriles is 1. The number of Topliss-reactive ketones (excluding diaryl/α,β-unsaturated/α-hetero) is 3. The summed E-state index contributed by atoms with van der Waals surface area (Å²) < 4.78 is 16.8. The third-order valence-corrected chi connectivity index (χ3v) is 14.6. The molecule has 3 atom stereocenters. The number of carbonyl (C=O) groups excluding carboxylic acids is 7. The van der Waals surface area contributed by atoms with Crippen molar-refractivity contribution < 1.29 is 63.0 Å². The number of rotatable bonds is 26. The van der Waals surface area contributed by atoms with Crippen LogP contribution in [0.2, 0.25) is 15.1 Å². The molecule has 93 heavy (non-hydrogen) atoms. The maximum atomic E-state index is 12.9. The van der Waals surface area contributed by atoms with E-state index in [2.05, 4.69) is 43.1 Å². The smallest absolute Gasteiger partial charge is 0.341 e. The van der Waals surface area contributed by atoms with Crippen LogP contribution in [-0.2, 0) is 43.3 Å². The first-order valence-electron chi connectivity index (χ1n) is 29.2. The molecule has 1 aliphatic heterocycles. The van der Waals surface area contributed by atoms with Crippen LogP contribution < -0.4 is 41.8 Å². The fraction of sp³-hybridized carbons (Fsp3) is 0.333. The van der Waals surface area contributed by atoms with E-state index in [1.54, 1.807) is 117 Å². The number of nitrogens with two attached hydrogens (primary N) is 2. The highest BCUT2D eigenvalue weighted by atomic mass is 35.5. The van der Waals surface area contributed by atoms with E-state index in [1.807, 2.05) is 65.8 Å². The van der Waals surface area contributed by atoms with E-state index < -0.39 is 17.8 Å². The van der Waals surface area contributed by atoms with Gasteiger partial charge in [-0.3, -0.25) is 28.8 Å². The molecule has 9 N–H and O–H groups in total. The number of hydrogen-bond donors (Lipinski definition) is 7. The second-order valence-corrected chi connectivity index (χ2v) is 23.0. The van der Waals surface area contributed by atoms with Gasteiger partial charge in [0.15, 0.2) is 23.2 Å². The summed E-state index contributed by atoms with van der Waals surface area (Å²) in [6.07, 6.45) is 1.32. The van der Waals surface area contributed by atoms with E-state index in [-0.39, 0.29) is 98.3 Å². The Morgan fingerprint density at radius 3 is 1.14 bits per heavy atom. The molecule has 0 saturated heterocycles. The van der Waals surface area contributed by atoms with Crippen LogP contribution in [0.1, 0.15) is 139 Å². The van der Waals surface area contributed by atoms with Crippen LogP contribution >= 0.6 is 34.8 Å². The second kappa shape index (κ2) is 39.3. The van der Waals surface area contributed by atoms with E-state index in [0.29, 0.717) is 85.1 Å². The van der Waals surface area contributed by atoms with Crippen molar-refractivity contribution in [3.8, 4) is 23.3 Å². The Kier molecular flexibility index (Phi) is 33.0. The molecule has 24 heteroatoms. The van der Waals surface area contributed by atoms with Gasteiger partial charge in [0, 0.05) is 80.4 Å². The van der Waals surface area contributed by atoms with Gasteiger partial charge in [-0.2, -0.15) is 5.26 Å². The number of hydrogen-bond acceptors (Lipinski definition) is 17. The molecule has 0 aliphatic carbocycles. The third kappa shape index (κ3) is 25.1. The predicted octanol–water partition coefficient (Wildman–Crippen LogP) is 11.5. The van der Waals surface area contributed by atoms with Gasteiger partial charge < -0.3 is 51.1 Å². The van der Waals surface area contributed by atoms with Crippen molar-refractivity contribution in [2.75, 3.05) is 21.1 Å². The first kappa shape index (κ1) is 78.1. The van der Waals surface area contributed by atoms with Gasteiger partial charge in [-0.25, -0.2) is 10.7 Å². The van der Waals surface area contributed by atoms with Crippen LogP contribution in [0.4, 0.5) is 0 Å². The van der Waals surface area contributed by atoms with E-state index in [4.69, 9.17) is 70.4 Å². The first-order valence-corrected chi connectivity index (χ1v) is 30.3. The fourth-order valence-corrected chi connectivity index (χ4v) is 9.89. The number of benzene rings is 6.